The van der Waals surface area contributed by atoms with E-state index in [1.807, 2.05) is 36.4 Å². The molecule has 1 fully saturated rings. The van der Waals surface area contributed by atoms with Gasteiger partial charge in [0.25, 0.3) is 5.91 Å². The maximum Gasteiger partial charge on any atom is 0.256 e. The van der Waals surface area contributed by atoms with Crippen molar-refractivity contribution in [3.63, 3.8) is 0 Å². The fourth-order valence-electron chi connectivity index (χ4n) is 3.87. The van der Waals surface area contributed by atoms with Crippen molar-refractivity contribution in [2.24, 2.45) is 0 Å². The molecule has 4 rings (SSSR count). The number of hydrogen-bond acceptors (Lipinski definition) is 4. The van der Waals surface area contributed by atoms with Gasteiger partial charge in [-0.3, -0.25) is 9.78 Å². The first-order chi connectivity index (χ1) is 13.6. The van der Waals surface area contributed by atoms with E-state index in [1.54, 1.807) is 12.3 Å². The topological polar surface area (TPSA) is 48.5 Å². The van der Waals surface area contributed by atoms with Crippen LogP contribution in [0, 0.1) is 0 Å². The van der Waals surface area contributed by atoms with Gasteiger partial charge in [-0.05, 0) is 69.4 Å². The van der Waals surface area contributed by atoms with Gasteiger partial charge >= 0.3 is 0 Å². The molecule has 28 heavy (non-hydrogen) atoms. The van der Waals surface area contributed by atoms with Crippen LogP contribution in [0.5, 0.6) is 0 Å². The number of carbonyl (C=O) groups excluding carboxylic acids is 1. The number of likely N-dealkylation sites (tertiary alicyclic amines) is 1. The average molecular weight is 374 g/mol. The summed E-state index contributed by atoms with van der Waals surface area (Å²) in [6.45, 7) is 2.28. The smallest absolute Gasteiger partial charge is 0.256 e. The number of amides is 1. The van der Waals surface area contributed by atoms with Crippen molar-refractivity contribution >= 4 is 28.2 Å². The molecule has 1 aromatic heterocycles. The number of fused-ring (bicyclic) bond motifs is 1. The number of carbonyl (C=O) groups is 1. The van der Waals surface area contributed by atoms with Crippen LogP contribution in [0.1, 0.15) is 23.2 Å². The Morgan fingerprint density at radius 3 is 2.54 bits per heavy atom. The van der Waals surface area contributed by atoms with Crippen LogP contribution < -0.4 is 10.2 Å². The number of nitrogens with zero attached hydrogens (tertiary/aromatic N) is 3. The zero-order valence-corrected chi connectivity index (χ0v) is 16.4. The van der Waals surface area contributed by atoms with Gasteiger partial charge in [0.05, 0.1) is 11.1 Å². The van der Waals surface area contributed by atoms with E-state index >= 15 is 0 Å². The van der Waals surface area contributed by atoms with E-state index in [4.69, 9.17) is 0 Å². The van der Waals surface area contributed by atoms with Crippen molar-refractivity contribution in [3.8, 4) is 0 Å². The van der Waals surface area contributed by atoms with E-state index in [9.17, 15) is 4.79 Å². The van der Waals surface area contributed by atoms with Gasteiger partial charge in [-0.2, -0.15) is 0 Å². The van der Waals surface area contributed by atoms with E-state index in [1.165, 1.54) is 18.5 Å². The Kier molecular flexibility index (Phi) is 5.26. The maximum absolute atomic E-state index is 12.8. The van der Waals surface area contributed by atoms with Crippen LogP contribution in [0.2, 0.25) is 0 Å². The third-order valence-corrected chi connectivity index (χ3v) is 5.66. The fourth-order valence-corrected chi connectivity index (χ4v) is 3.87. The molecule has 0 saturated carbocycles. The Labute approximate surface area is 166 Å². The van der Waals surface area contributed by atoms with Crippen molar-refractivity contribution in [2.45, 2.75) is 18.9 Å². The summed E-state index contributed by atoms with van der Waals surface area (Å²) in [5.41, 5.74) is 3.44. The molecule has 1 N–H and O–H groups in total. The Hall–Kier alpha value is -2.92. The second kappa shape index (κ2) is 7.98. The zero-order valence-electron chi connectivity index (χ0n) is 16.4. The molecule has 5 heteroatoms. The minimum Gasteiger partial charge on any atom is -0.372 e. The second-order valence-corrected chi connectivity index (χ2v) is 7.52. The third-order valence-electron chi connectivity index (χ3n) is 5.66. The van der Waals surface area contributed by atoms with Crippen molar-refractivity contribution in [1.29, 1.82) is 0 Å². The molecule has 3 aromatic rings. The number of anilines is 2. The van der Waals surface area contributed by atoms with Crippen molar-refractivity contribution in [3.05, 3.63) is 66.4 Å². The van der Waals surface area contributed by atoms with E-state index in [0.717, 1.165) is 29.7 Å². The summed E-state index contributed by atoms with van der Waals surface area (Å²) in [6, 6.07) is 18.1. The highest BCUT2D eigenvalue weighted by molar-refractivity contribution is 6.12. The molecular weight excluding hydrogens is 348 g/mol. The monoisotopic (exact) mass is 374 g/mol. The summed E-state index contributed by atoms with van der Waals surface area (Å²) in [5, 5.41) is 3.87. The van der Waals surface area contributed by atoms with Gasteiger partial charge < -0.3 is 15.1 Å². The number of para-hydroxylation sites is 1. The SMILES string of the molecule is CN1CCC(N(C)c2ccc(NC(=O)c3ccnc4ccccc34)cc2)CC1. The normalized spacial score (nSPS) is 15.5. The number of pyridine rings is 1. The first-order valence-electron chi connectivity index (χ1n) is 9.78. The van der Waals surface area contributed by atoms with Crippen molar-refractivity contribution in [1.82, 2.24) is 9.88 Å². The highest BCUT2D eigenvalue weighted by Crippen LogP contribution is 2.24. The molecule has 0 unspecified atom stereocenters. The lowest BCUT2D eigenvalue weighted by Gasteiger charge is -2.36. The average Bonchev–Trinajstić information content (AvgIpc) is 2.74. The van der Waals surface area contributed by atoms with Gasteiger partial charge in [0, 0.05) is 36.0 Å². The standard InChI is InChI=1S/C23H26N4O/c1-26-15-12-19(13-16-26)27(2)18-9-7-17(8-10-18)25-23(28)21-11-14-24-22-6-4-3-5-20(21)22/h3-11,14,19H,12-13,15-16H2,1-2H3,(H,25,28). The third kappa shape index (κ3) is 3.85. The molecule has 2 aromatic carbocycles. The summed E-state index contributed by atoms with van der Waals surface area (Å²) in [7, 11) is 4.34. The van der Waals surface area contributed by atoms with Crippen molar-refractivity contribution in [2.75, 3.05) is 37.4 Å². The number of hydrogen-bond donors (Lipinski definition) is 1. The van der Waals surface area contributed by atoms with E-state index in [2.05, 4.69) is 46.3 Å². The molecule has 5 nitrogen and oxygen atoms in total. The second-order valence-electron chi connectivity index (χ2n) is 7.52. The molecule has 1 saturated heterocycles. The quantitative estimate of drug-likeness (QED) is 0.749. The predicted molar refractivity (Wildman–Crippen MR) is 115 cm³/mol. The predicted octanol–water partition coefficient (Wildman–Crippen LogP) is 4.02. The van der Waals surface area contributed by atoms with Gasteiger partial charge in [-0.25, -0.2) is 0 Å². The first-order valence-corrected chi connectivity index (χ1v) is 9.78. The van der Waals surface area contributed by atoms with E-state index in [0.29, 0.717) is 11.6 Å². The van der Waals surface area contributed by atoms with Crippen LogP contribution >= 0.6 is 0 Å². The molecule has 1 aliphatic heterocycles. The van der Waals surface area contributed by atoms with Crippen LogP contribution in [0.25, 0.3) is 10.9 Å². The molecular formula is C23H26N4O. The molecule has 1 aliphatic rings. The first kappa shape index (κ1) is 18.4. The van der Waals surface area contributed by atoms with Gasteiger partial charge in [-0.15, -0.1) is 0 Å². The Balaban J connectivity index is 1.46. The summed E-state index contributed by atoms with van der Waals surface area (Å²) >= 11 is 0. The minimum atomic E-state index is -0.116. The van der Waals surface area contributed by atoms with Crippen LogP contribution in [0.4, 0.5) is 11.4 Å². The molecule has 0 spiro atoms. The highest BCUT2D eigenvalue weighted by atomic mass is 16.1. The van der Waals surface area contributed by atoms with Crippen LogP contribution in [0.15, 0.2) is 60.8 Å². The molecule has 0 bridgehead atoms. The maximum atomic E-state index is 12.8. The number of rotatable bonds is 4. The molecule has 0 radical (unpaired) electrons. The zero-order chi connectivity index (χ0) is 19.5. The summed E-state index contributed by atoms with van der Waals surface area (Å²) in [6.07, 6.45) is 4.04. The van der Waals surface area contributed by atoms with Gasteiger partial charge in [0.1, 0.15) is 0 Å². The van der Waals surface area contributed by atoms with Gasteiger partial charge in [0.2, 0.25) is 0 Å². The van der Waals surface area contributed by atoms with Gasteiger partial charge in [-0.1, -0.05) is 18.2 Å². The van der Waals surface area contributed by atoms with Crippen LogP contribution in [-0.4, -0.2) is 49.0 Å². The lowest BCUT2D eigenvalue weighted by atomic mass is 10.0. The Bertz CT molecular complexity index is 957. The Morgan fingerprint density at radius 2 is 1.79 bits per heavy atom. The summed E-state index contributed by atoms with van der Waals surface area (Å²) < 4.78 is 0. The molecule has 144 valence electrons. The lowest BCUT2D eigenvalue weighted by Crippen LogP contribution is -2.41. The van der Waals surface area contributed by atoms with Crippen LogP contribution in [-0.2, 0) is 0 Å². The number of aromatic nitrogens is 1. The fraction of sp³-hybridized carbons (Fsp3) is 0.304. The summed E-state index contributed by atoms with van der Waals surface area (Å²) in [5.74, 6) is -0.116. The molecule has 1 amide bonds. The van der Waals surface area contributed by atoms with Gasteiger partial charge in [0.15, 0.2) is 0 Å². The highest BCUT2D eigenvalue weighted by Gasteiger charge is 2.20. The van der Waals surface area contributed by atoms with E-state index < -0.39 is 0 Å². The van der Waals surface area contributed by atoms with Crippen LogP contribution in [0.3, 0.4) is 0 Å². The number of benzene rings is 2. The Morgan fingerprint density at radius 1 is 1.07 bits per heavy atom. The lowest BCUT2D eigenvalue weighted by molar-refractivity contribution is 0.102. The summed E-state index contributed by atoms with van der Waals surface area (Å²) in [4.78, 5) is 21.8. The molecule has 2 heterocycles. The largest absolute Gasteiger partial charge is 0.372 e. The number of nitrogens with one attached hydrogen (secondary N) is 1. The van der Waals surface area contributed by atoms with Crippen molar-refractivity contribution < 1.29 is 4.79 Å². The molecule has 0 aliphatic carbocycles. The number of piperidine rings is 1. The molecule has 0 atom stereocenters. The minimum absolute atomic E-state index is 0.116. The van der Waals surface area contributed by atoms with E-state index in [-0.39, 0.29) is 5.91 Å².